The summed E-state index contributed by atoms with van der Waals surface area (Å²) in [5.74, 6) is -2.50. The molecule has 0 aliphatic heterocycles. The van der Waals surface area contributed by atoms with E-state index >= 15 is 0 Å². The van der Waals surface area contributed by atoms with Crippen molar-refractivity contribution in [2.45, 2.75) is 19.9 Å². The van der Waals surface area contributed by atoms with Gasteiger partial charge in [0, 0.05) is 35.5 Å². The molecular formula is C25H22N4O5. The first-order valence-electron chi connectivity index (χ1n) is 10.6. The molecule has 4 rings (SSSR count). The van der Waals surface area contributed by atoms with E-state index in [0.717, 1.165) is 5.56 Å². The normalized spacial score (nSPS) is 10.9. The molecule has 0 radical (unpaired) electrons. The third-order valence-electron chi connectivity index (χ3n) is 5.41. The van der Waals surface area contributed by atoms with Gasteiger partial charge in [-0.2, -0.15) is 0 Å². The SMILES string of the molecule is Cc1cc2c(O)c(C(=O)NCC(=O)O)nc(-c3cccnc3)c2n(CCc2ccccc2)c1=O. The zero-order valence-corrected chi connectivity index (χ0v) is 18.4. The summed E-state index contributed by atoms with van der Waals surface area (Å²) in [6.45, 7) is 1.32. The highest BCUT2D eigenvalue weighted by Gasteiger charge is 2.23. The van der Waals surface area contributed by atoms with Gasteiger partial charge in [-0.25, -0.2) is 4.98 Å². The maximum atomic E-state index is 13.2. The van der Waals surface area contributed by atoms with Crippen LogP contribution in [0.3, 0.4) is 0 Å². The lowest BCUT2D eigenvalue weighted by atomic mass is 10.0. The second-order valence-electron chi connectivity index (χ2n) is 7.76. The monoisotopic (exact) mass is 458 g/mol. The lowest BCUT2D eigenvalue weighted by Gasteiger charge is -2.18. The summed E-state index contributed by atoms with van der Waals surface area (Å²) in [4.78, 5) is 45.2. The van der Waals surface area contributed by atoms with Crippen molar-refractivity contribution in [3.05, 3.63) is 88.1 Å². The van der Waals surface area contributed by atoms with Crippen molar-refractivity contribution in [1.82, 2.24) is 19.9 Å². The average molecular weight is 458 g/mol. The highest BCUT2D eigenvalue weighted by molar-refractivity contribution is 6.05. The molecule has 0 fully saturated rings. The van der Waals surface area contributed by atoms with E-state index in [0.29, 0.717) is 29.6 Å². The van der Waals surface area contributed by atoms with Crippen LogP contribution in [0.5, 0.6) is 5.75 Å². The van der Waals surface area contributed by atoms with Crippen LogP contribution in [0.15, 0.2) is 65.7 Å². The first-order valence-corrected chi connectivity index (χ1v) is 10.6. The fourth-order valence-corrected chi connectivity index (χ4v) is 3.79. The van der Waals surface area contributed by atoms with Gasteiger partial charge in [-0.05, 0) is 37.1 Å². The number of aryl methyl sites for hydroxylation is 3. The van der Waals surface area contributed by atoms with Crippen LogP contribution in [0.2, 0.25) is 0 Å². The number of carbonyl (C=O) groups is 2. The van der Waals surface area contributed by atoms with Crippen LogP contribution >= 0.6 is 0 Å². The fraction of sp³-hybridized carbons (Fsp3) is 0.160. The summed E-state index contributed by atoms with van der Waals surface area (Å²) in [5.41, 5.74) is 2.04. The number of amides is 1. The smallest absolute Gasteiger partial charge is 0.322 e. The Labute approximate surface area is 194 Å². The minimum absolute atomic E-state index is 0.238. The van der Waals surface area contributed by atoms with Gasteiger partial charge in [0.1, 0.15) is 6.54 Å². The Morgan fingerprint density at radius 3 is 2.56 bits per heavy atom. The van der Waals surface area contributed by atoms with Crippen molar-refractivity contribution in [3.8, 4) is 17.0 Å². The molecule has 3 heterocycles. The zero-order valence-electron chi connectivity index (χ0n) is 18.4. The fourth-order valence-electron chi connectivity index (χ4n) is 3.79. The van der Waals surface area contributed by atoms with Gasteiger partial charge in [-0.3, -0.25) is 19.4 Å². The second-order valence-corrected chi connectivity index (χ2v) is 7.76. The van der Waals surface area contributed by atoms with Crippen molar-refractivity contribution >= 4 is 22.8 Å². The Hall–Kier alpha value is -4.53. The van der Waals surface area contributed by atoms with Gasteiger partial charge in [0.2, 0.25) is 0 Å². The topological polar surface area (TPSA) is 134 Å². The molecule has 4 aromatic rings. The molecule has 0 aliphatic carbocycles. The molecule has 3 aromatic heterocycles. The quantitative estimate of drug-likeness (QED) is 0.387. The van der Waals surface area contributed by atoms with Crippen LogP contribution in [-0.4, -0.2) is 43.2 Å². The van der Waals surface area contributed by atoms with E-state index in [-0.39, 0.29) is 22.3 Å². The van der Waals surface area contributed by atoms with Crippen molar-refractivity contribution in [2.24, 2.45) is 0 Å². The molecular weight excluding hydrogens is 436 g/mol. The maximum absolute atomic E-state index is 13.2. The largest absolute Gasteiger partial charge is 0.505 e. The third-order valence-corrected chi connectivity index (χ3v) is 5.41. The molecule has 0 aliphatic rings. The highest BCUT2D eigenvalue weighted by atomic mass is 16.4. The van der Waals surface area contributed by atoms with Gasteiger partial charge in [-0.15, -0.1) is 0 Å². The molecule has 0 unspecified atom stereocenters. The molecule has 1 aromatic carbocycles. The Kier molecular flexibility index (Phi) is 6.35. The molecule has 0 spiro atoms. The number of carboxylic acids is 1. The minimum atomic E-state index is -1.23. The van der Waals surface area contributed by atoms with Gasteiger partial charge in [-0.1, -0.05) is 30.3 Å². The first-order chi connectivity index (χ1) is 16.4. The summed E-state index contributed by atoms with van der Waals surface area (Å²) in [6.07, 6.45) is 3.69. The summed E-state index contributed by atoms with van der Waals surface area (Å²) in [5, 5.41) is 22.4. The van der Waals surface area contributed by atoms with Crippen LogP contribution < -0.4 is 10.9 Å². The molecule has 0 atom stereocenters. The standard InChI is InChI=1S/C25H22N4O5/c1-15-12-18-22(29(25(15)34)11-9-16-6-3-2-4-7-16)20(17-8-5-10-26-13-17)28-21(23(18)32)24(33)27-14-19(30)31/h2-8,10,12-13,32H,9,11,14H2,1H3,(H,27,33)(H,30,31). The molecule has 172 valence electrons. The number of nitrogens with one attached hydrogen (secondary N) is 1. The number of carbonyl (C=O) groups excluding carboxylic acids is 1. The highest BCUT2D eigenvalue weighted by Crippen LogP contribution is 2.34. The summed E-state index contributed by atoms with van der Waals surface area (Å²) in [6, 6.07) is 14.6. The van der Waals surface area contributed by atoms with Crippen molar-refractivity contribution in [2.75, 3.05) is 6.54 Å². The number of hydrogen-bond donors (Lipinski definition) is 3. The van der Waals surface area contributed by atoms with E-state index in [9.17, 15) is 19.5 Å². The van der Waals surface area contributed by atoms with E-state index in [1.807, 2.05) is 30.3 Å². The predicted molar refractivity (Wildman–Crippen MR) is 126 cm³/mol. The number of benzene rings is 1. The molecule has 1 amide bonds. The Bertz CT molecular complexity index is 1430. The van der Waals surface area contributed by atoms with Crippen molar-refractivity contribution in [3.63, 3.8) is 0 Å². The Morgan fingerprint density at radius 1 is 1.12 bits per heavy atom. The van der Waals surface area contributed by atoms with E-state index in [2.05, 4.69) is 15.3 Å². The summed E-state index contributed by atoms with van der Waals surface area (Å²) < 4.78 is 1.55. The molecule has 9 nitrogen and oxygen atoms in total. The van der Waals surface area contributed by atoms with Crippen molar-refractivity contribution in [1.29, 1.82) is 0 Å². The number of aromatic hydroxyl groups is 1. The zero-order chi connectivity index (χ0) is 24.2. The van der Waals surface area contributed by atoms with Crippen LogP contribution in [0, 0.1) is 6.92 Å². The molecule has 0 bridgehead atoms. The predicted octanol–water partition coefficient (Wildman–Crippen LogP) is 2.53. The van der Waals surface area contributed by atoms with E-state index in [1.54, 1.807) is 36.0 Å². The van der Waals surface area contributed by atoms with Gasteiger partial charge in [0.05, 0.1) is 11.2 Å². The molecule has 34 heavy (non-hydrogen) atoms. The van der Waals surface area contributed by atoms with Gasteiger partial charge in [0.25, 0.3) is 11.5 Å². The lowest BCUT2D eigenvalue weighted by Crippen LogP contribution is -2.30. The molecule has 9 heteroatoms. The molecule has 3 N–H and O–H groups in total. The number of fused-ring (bicyclic) bond motifs is 1. The third kappa shape index (κ3) is 4.49. The van der Waals surface area contributed by atoms with Crippen LogP contribution in [0.1, 0.15) is 21.6 Å². The Morgan fingerprint density at radius 2 is 1.88 bits per heavy atom. The number of rotatable bonds is 7. The summed E-state index contributed by atoms with van der Waals surface area (Å²) in [7, 11) is 0. The van der Waals surface area contributed by atoms with Gasteiger partial charge in [0.15, 0.2) is 11.4 Å². The molecule has 0 saturated heterocycles. The van der Waals surface area contributed by atoms with Crippen LogP contribution in [0.25, 0.3) is 22.2 Å². The van der Waals surface area contributed by atoms with E-state index in [4.69, 9.17) is 5.11 Å². The molecule has 0 saturated carbocycles. The van der Waals surface area contributed by atoms with Gasteiger partial charge >= 0.3 is 5.97 Å². The maximum Gasteiger partial charge on any atom is 0.322 e. The Balaban J connectivity index is 1.96. The number of carboxylic acid groups (broad SMARTS) is 1. The average Bonchev–Trinajstić information content (AvgIpc) is 2.84. The number of hydrogen-bond acceptors (Lipinski definition) is 6. The van der Waals surface area contributed by atoms with Crippen LogP contribution in [0.4, 0.5) is 0 Å². The number of nitrogens with zero attached hydrogens (tertiary/aromatic N) is 3. The van der Waals surface area contributed by atoms with Crippen LogP contribution in [-0.2, 0) is 17.8 Å². The number of pyridine rings is 3. The van der Waals surface area contributed by atoms with Gasteiger partial charge < -0.3 is 20.1 Å². The van der Waals surface area contributed by atoms with Crippen molar-refractivity contribution < 1.29 is 19.8 Å². The minimum Gasteiger partial charge on any atom is -0.505 e. The number of aromatic nitrogens is 3. The summed E-state index contributed by atoms with van der Waals surface area (Å²) >= 11 is 0. The number of aliphatic carboxylic acids is 1. The van der Waals surface area contributed by atoms with E-state index in [1.165, 1.54) is 6.07 Å². The van der Waals surface area contributed by atoms with E-state index < -0.39 is 24.2 Å². The lowest BCUT2D eigenvalue weighted by molar-refractivity contribution is -0.135. The first kappa shape index (κ1) is 22.7. The second kappa shape index (κ2) is 9.53.